The maximum Gasteiger partial charge on any atom is 0.410 e. The van der Waals surface area contributed by atoms with Gasteiger partial charge in [-0.2, -0.15) is 41.4 Å². The van der Waals surface area contributed by atoms with Crippen LogP contribution in [-0.4, -0.2) is 178 Å². The summed E-state index contributed by atoms with van der Waals surface area (Å²) in [6, 6.07) is 8.77. The molecule has 4 aromatic rings. The van der Waals surface area contributed by atoms with E-state index in [1.54, 1.807) is 36.0 Å². The lowest BCUT2D eigenvalue weighted by molar-refractivity contribution is -0.134. The van der Waals surface area contributed by atoms with E-state index in [4.69, 9.17) is 65.3 Å². The molecule has 17 N–H and O–H groups in total. The minimum Gasteiger partial charge on any atom is -0.481 e. The number of amides is 6. The number of rotatable bonds is 13. The Morgan fingerprint density at radius 1 is 0.559 bits per heavy atom. The van der Waals surface area contributed by atoms with Gasteiger partial charge in [0.1, 0.15) is 27.9 Å². The highest BCUT2D eigenvalue weighted by Gasteiger charge is 2.42. The van der Waals surface area contributed by atoms with Crippen molar-refractivity contribution >= 4 is 94.1 Å². The molecule has 0 bridgehead atoms. The Labute approximate surface area is 549 Å². The van der Waals surface area contributed by atoms with Gasteiger partial charge in [-0.05, 0) is 111 Å². The van der Waals surface area contributed by atoms with E-state index in [1.165, 1.54) is 26.2 Å². The maximum atomic E-state index is 12.2. The van der Waals surface area contributed by atoms with Gasteiger partial charge < -0.3 is 75.3 Å². The lowest BCUT2D eigenvalue weighted by Crippen LogP contribution is -2.49. The molecular formula is C57H86Cl2N24O10. The van der Waals surface area contributed by atoms with Crippen molar-refractivity contribution < 1.29 is 48.2 Å². The second-order valence-corrected chi connectivity index (χ2v) is 24.2. The zero-order chi connectivity index (χ0) is 69.5. The van der Waals surface area contributed by atoms with Crippen LogP contribution in [0.25, 0.3) is 0 Å². The van der Waals surface area contributed by atoms with E-state index >= 15 is 0 Å². The Balaban J connectivity index is 0.000000406. The summed E-state index contributed by atoms with van der Waals surface area (Å²) in [6.07, 6.45) is 12.6. The number of carboxylic acids is 1. The van der Waals surface area contributed by atoms with E-state index in [-0.39, 0.29) is 92.7 Å². The van der Waals surface area contributed by atoms with Crippen molar-refractivity contribution in [3.05, 3.63) is 47.0 Å². The largest absolute Gasteiger partial charge is 0.481 e. The summed E-state index contributed by atoms with van der Waals surface area (Å²) < 4.78 is 11.9. The van der Waals surface area contributed by atoms with E-state index < -0.39 is 46.3 Å². The van der Waals surface area contributed by atoms with Crippen LogP contribution >= 0.6 is 24.0 Å². The van der Waals surface area contributed by atoms with Gasteiger partial charge in [-0.15, -0.1) is 12.4 Å². The number of nitrogens with two attached hydrogens (primary N) is 7. The molecule has 36 heteroatoms. The Bertz CT molecular complexity index is 3400. The van der Waals surface area contributed by atoms with Crippen LogP contribution in [0.5, 0.6) is 0 Å². The lowest BCUT2D eigenvalue weighted by Gasteiger charge is -2.40. The third kappa shape index (κ3) is 22.6. The van der Waals surface area contributed by atoms with E-state index in [0.717, 1.165) is 84.7 Å². The van der Waals surface area contributed by atoms with Gasteiger partial charge in [0.05, 0.1) is 72.1 Å². The molecule has 4 aliphatic rings. The van der Waals surface area contributed by atoms with Crippen molar-refractivity contribution in [1.29, 1.82) is 21.0 Å². The van der Waals surface area contributed by atoms with Crippen molar-refractivity contribution in [2.24, 2.45) is 22.9 Å². The fraction of sp³-hybridized carbons (Fsp3) is 0.579. The van der Waals surface area contributed by atoms with Gasteiger partial charge in [0.15, 0.2) is 23.3 Å². The number of nitrogens with one attached hydrogen (secondary N) is 2. The van der Waals surface area contributed by atoms with Crippen molar-refractivity contribution in [3.8, 4) is 24.3 Å². The first kappa shape index (κ1) is 79.5. The van der Waals surface area contributed by atoms with E-state index in [9.17, 15) is 44.1 Å². The molecule has 8 heterocycles. The molecule has 4 aliphatic heterocycles. The molecule has 0 aromatic carbocycles. The number of aliphatic carboxylic acids is 1. The number of halogens is 2. The summed E-state index contributed by atoms with van der Waals surface area (Å²) in [6.45, 7) is 15.1. The fourth-order valence-electron chi connectivity index (χ4n) is 10.4. The summed E-state index contributed by atoms with van der Waals surface area (Å²) >= 11 is 4.64. The number of nitriles is 4. The average Bonchev–Trinajstić information content (AvgIpc) is 1.72. The molecular weight excluding hydrogens is 1250 g/mol. The second kappa shape index (κ2) is 35.3. The minimum absolute atomic E-state index is 0. The first-order valence-corrected chi connectivity index (χ1v) is 29.4. The smallest absolute Gasteiger partial charge is 0.410 e. The molecule has 4 saturated heterocycles. The van der Waals surface area contributed by atoms with Crippen LogP contribution in [0, 0.1) is 45.3 Å². The summed E-state index contributed by atoms with van der Waals surface area (Å²) in [4.78, 5) is 93.1. The third-order valence-corrected chi connectivity index (χ3v) is 15.6. The van der Waals surface area contributed by atoms with Crippen LogP contribution in [-0.2, 0) is 41.3 Å². The topological polar surface area (TPSA) is 548 Å². The van der Waals surface area contributed by atoms with Gasteiger partial charge in [-0.3, -0.25) is 52.3 Å². The number of ether oxygens (including phenoxy) is 1. The molecule has 34 nitrogen and oxygen atoms in total. The van der Waals surface area contributed by atoms with Gasteiger partial charge in [-0.1, -0.05) is 0 Å². The average molecular weight is 1340 g/mol. The number of hydrogen-bond donors (Lipinski definition) is 10. The first-order chi connectivity index (χ1) is 43.0. The summed E-state index contributed by atoms with van der Waals surface area (Å²) in [5.41, 5.74) is 36.5. The Morgan fingerprint density at radius 3 is 1.09 bits per heavy atom. The normalized spacial score (nSPS) is 16.7. The number of anilines is 4. The molecule has 0 aliphatic carbocycles. The third-order valence-electron chi connectivity index (χ3n) is 15.6. The van der Waals surface area contributed by atoms with E-state index in [2.05, 4.69) is 76.7 Å². The quantitative estimate of drug-likeness (QED) is 0.0858. The predicted octanol–water partition coefficient (Wildman–Crippen LogP) is 2.22. The predicted molar refractivity (Wildman–Crippen MR) is 343 cm³/mol. The van der Waals surface area contributed by atoms with Gasteiger partial charge in [-0.25, -0.2) is 4.79 Å². The number of nitrogen functional groups attached to an aromatic ring is 3. The molecule has 8 rings (SSSR count). The number of piperidine rings is 4. The Morgan fingerprint density at radius 2 is 0.828 bits per heavy atom. The first-order valence-electron chi connectivity index (χ1n) is 29.0. The number of carbonyl (C=O) groups is 8. The van der Waals surface area contributed by atoms with Gasteiger partial charge in [0.25, 0.3) is 29.6 Å². The van der Waals surface area contributed by atoms with Crippen LogP contribution in [0.15, 0.2) is 24.8 Å². The van der Waals surface area contributed by atoms with Gasteiger partial charge in [0, 0.05) is 84.8 Å². The monoisotopic (exact) mass is 1340 g/mol. The van der Waals surface area contributed by atoms with E-state index in [0.29, 0.717) is 45.2 Å². The number of hydrogen-bond acceptors (Lipinski definition) is 23. The van der Waals surface area contributed by atoms with Crippen LogP contribution in [0.4, 0.5) is 28.1 Å². The van der Waals surface area contributed by atoms with Crippen LogP contribution in [0.2, 0.25) is 0 Å². The summed E-state index contributed by atoms with van der Waals surface area (Å²) in [7, 11) is 4.07. The molecule has 0 radical (unpaired) electrons. The molecule has 508 valence electrons. The Hall–Kier alpha value is -9.58. The van der Waals surface area contributed by atoms with Crippen LogP contribution < -0.4 is 50.8 Å². The molecule has 4 fully saturated rings. The molecule has 0 saturated carbocycles. The maximum absolute atomic E-state index is 12.2. The minimum atomic E-state index is -0.833. The number of carboxylic acid groups (broad SMARTS) is 1. The molecule has 0 unspecified atom stereocenters. The molecule has 0 atom stereocenters. The second-order valence-electron chi connectivity index (χ2n) is 23.6. The van der Waals surface area contributed by atoms with Crippen LogP contribution in [0.3, 0.4) is 0 Å². The zero-order valence-corrected chi connectivity index (χ0v) is 55.2. The Kier molecular flexibility index (Phi) is 30.2. The number of likely N-dealkylation sites (tertiary alicyclic amines) is 3. The molecule has 93 heavy (non-hydrogen) atoms. The number of carbonyl (C=O) groups excluding carboxylic acids is 7. The summed E-state index contributed by atoms with van der Waals surface area (Å²) in [5.74, 6) is -3.23. The number of aromatic nitrogens is 8. The fourth-order valence-corrected chi connectivity index (χ4v) is 10.4. The molecule has 4 aromatic heterocycles. The highest BCUT2D eigenvalue weighted by Crippen LogP contribution is 2.37. The van der Waals surface area contributed by atoms with Gasteiger partial charge in [0.2, 0.25) is 11.1 Å². The van der Waals surface area contributed by atoms with Crippen molar-refractivity contribution in [3.63, 3.8) is 0 Å². The SMILES string of the molecule is CC(=O)Cl.CC(=O)Nc1nn(C2(CC#N)CCN(C)CC2)cc1C(N)=O.CC(=O)O.CC(C)(C)OC(=O)N1CCC(CC#N)(n2cc(C(N)=O)c(N)n2)CC1.CN1CCC(CC#N)(n2cc(C(N)=O)c(N)n2)CC1.Cl.N#CCC1(n2cc(C(N)=O)c(N)n2)CCNCC1. The number of nitrogens with zero attached hydrogens (tertiary/aromatic N) is 15. The van der Waals surface area contributed by atoms with Crippen LogP contribution in [0.1, 0.15) is 160 Å². The highest BCUT2D eigenvalue weighted by molar-refractivity contribution is 6.62. The van der Waals surface area contributed by atoms with Gasteiger partial charge >= 0.3 is 6.09 Å². The summed E-state index contributed by atoms with van der Waals surface area (Å²) in [5, 5.41) is 66.2. The van der Waals surface area contributed by atoms with Crippen molar-refractivity contribution in [2.75, 3.05) is 89.0 Å². The zero-order valence-electron chi connectivity index (χ0n) is 53.6. The van der Waals surface area contributed by atoms with Crippen molar-refractivity contribution in [2.45, 2.75) is 146 Å². The molecule has 0 spiro atoms. The highest BCUT2D eigenvalue weighted by atomic mass is 35.5. The molecule has 6 amide bonds. The van der Waals surface area contributed by atoms with Crippen molar-refractivity contribution in [1.82, 2.24) is 59.1 Å². The number of primary amides is 4. The van der Waals surface area contributed by atoms with E-state index in [1.807, 2.05) is 34.9 Å². The lowest BCUT2D eigenvalue weighted by atomic mass is 9.85. The standard InChI is InChI=1S/C16H24N6O3.C14H20N6O2.C12H18N6O.C11H16N6O.C2H3ClO.C2H4O2.ClH/c1-15(2,3)25-14(24)21-8-5-16(4-7-17,6-9-21)22-10-11(13(19)23)12(18)20-22;1-10(21)17-13-11(12(16)22)9-20(18-13)14(3-6-15)4-7-19(2)8-5-14;1-17-6-3-12(2-5-13,4-7-17)18-8-9(11(15)19)10(14)16-18;12-4-1-11(2-5-15-6-3-11)17-7-8(10(14)18)9(13)16-17;2*1-2(3)4;/h10H,4-6,8-9H2,1-3H3,(H2,18,20)(H2,19,23);9H,3-5,7-8H2,1-2H3,(H2,16,22)(H,17,18,21);8H,2-4,6-7H2,1H3,(H2,14,16)(H2,15,19);7,15H,1-3,5-6H2,(H2,13,16)(H2,14,18);1H3;1H3,(H,3,4);1H.